The SMILES string of the molecule is COc1cccc(NC(=O)NC2CC=C(C(=O)Nc3cnccc3N3CCNCC3)O2)c1. The molecule has 3 amide bonds. The van der Waals surface area contributed by atoms with Crippen molar-refractivity contribution in [2.75, 3.05) is 48.8 Å². The molecule has 1 saturated heterocycles. The minimum Gasteiger partial charge on any atom is -0.497 e. The number of carbonyl (C=O) groups excluding carboxylic acids is 2. The Morgan fingerprint density at radius 1 is 1.22 bits per heavy atom. The summed E-state index contributed by atoms with van der Waals surface area (Å²) in [7, 11) is 1.56. The van der Waals surface area contributed by atoms with Gasteiger partial charge in [-0.3, -0.25) is 9.78 Å². The van der Waals surface area contributed by atoms with Crippen molar-refractivity contribution in [3.05, 3.63) is 54.6 Å². The Kier molecular flexibility index (Phi) is 6.71. The van der Waals surface area contributed by atoms with Crippen LogP contribution in [0, 0.1) is 0 Å². The molecular weight excluding hydrogens is 412 g/mol. The minimum absolute atomic E-state index is 0.159. The molecule has 10 nitrogen and oxygen atoms in total. The lowest BCUT2D eigenvalue weighted by atomic mass is 10.2. The van der Waals surface area contributed by atoms with Gasteiger partial charge in [-0.05, 0) is 24.3 Å². The van der Waals surface area contributed by atoms with Crippen LogP contribution in [0.25, 0.3) is 0 Å². The van der Waals surface area contributed by atoms with Crippen LogP contribution in [0.3, 0.4) is 0 Å². The highest BCUT2D eigenvalue weighted by Crippen LogP contribution is 2.26. The second kappa shape index (κ2) is 10.0. The average molecular weight is 438 g/mol. The van der Waals surface area contributed by atoms with E-state index in [0.29, 0.717) is 23.5 Å². The van der Waals surface area contributed by atoms with Crippen molar-refractivity contribution in [2.24, 2.45) is 0 Å². The fourth-order valence-corrected chi connectivity index (χ4v) is 3.56. The van der Waals surface area contributed by atoms with Crippen LogP contribution in [0.2, 0.25) is 0 Å². The van der Waals surface area contributed by atoms with Crippen molar-refractivity contribution in [2.45, 2.75) is 12.6 Å². The van der Waals surface area contributed by atoms with Crippen molar-refractivity contribution in [3.63, 3.8) is 0 Å². The normalized spacial score (nSPS) is 17.7. The number of hydrogen-bond acceptors (Lipinski definition) is 7. The second-order valence-electron chi connectivity index (χ2n) is 7.32. The summed E-state index contributed by atoms with van der Waals surface area (Å²) < 4.78 is 10.8. The van der Waals surface area contributed by atoms with Crippen LogP contribution < -0.4 is 30.9 Å². The third-order valence-electron chi connectivity index (χ3n) is 5.13. The Bertz CT molecular complexity index is 1010. The van der Waals surface area contributed by atoms with Gasteiger partial charge in [0.1, 0.15) is 5.75 Å². The molecule has 4 rings (SSSR count). The van der Waals surface area contributed by atoms with E-state index in [2.05, 4.69) is 31.2 Å². The van der Waals surface area contributed by atoms with E-state index < -0.39 is 12.3 Å². The summed E-state index contributed by atoms with van der Waals surface area (Å²) in [4.78, 5) is 31.3. The van der Waals surface area contributed by atoms with Crippen molar-refractivity contribution in [1.29, 1.82) is 0 Å². The number of pyridine rings is 1. The van der Waals surface area contributed by atoms with Gasteiger partial charge in [0.25, 0.3) is 5.91 Å². The van der Waals surface area contributed by atoms with Crippen LogP contribution in [0.1, 0.15) is 6.42 Å². The maximum atomic E-state index is 12.7. The van der Waals surface area contributed by atoms with Gasteiger partial charge in [-0.2, -0.15) is 0 Å². The van der Waals surface area contributed by atoms with E-state index in [1.54, 1.807) is 49.8 Å². The predicted octanol–water partition coefficient (Wildman–Crippen LogP) is 1.89. The molecule has 1 aromatic heterocycles. The summed E-state index contributed by atoms with van der Waals surface area (Å²) in [6, 6.07) is 8.46. The standard InChI is InChI=1S/C22H26N6O4/c1-31-16-4-2-3-15(13-16)25-22(30)27-20-6-5-19(32-20)21(29)26-17-14-24-8-7-18(17)28-11-9-23-10-12-28/h2-5,7-8,13-14,20,23H,6,9-12H2,1H3,(H,26,29)(H2,25,27,30). The highest BCUT2D eigenvalue weighted by molar-refractivity contribution is 6.04. The fourth-order valence-electron chi connectivity index (χ4n) is 3.56. The first-order chi connectivity index (χ1) is 15.6. The Labute approximate surface area is 186 Å². The number of methoxy groups -OCH3 is 1. The Hall–Kier alpha value is -3.79. The molecule has 0 radical (unpaired) electrons. The van der Waals surface area contributed by atoms with E-state index in [9.17, 15) is 9.59 Å². The van der Waals surface area contributed by atoms with E-state index >= 15 is 0 Å². The zero-order valence-electron chi connectivity index (χ0n) is 17.8. The quantitative estimate of drug-likeness (QED) is 0.544. The van der Waals surface area contributed by atoms with E-state index in [1.165, 1.54) is 0 Å². The molecule has 1 unspecified atom stereocenters. The van der Waals surface area contributed by atoms with Crippen LogP contribution in [0.5, 0.6) is 5.75 Å². The van der Waals surface area contributed by atoms with Gasteiger partial charge in [-0.15, -0.1) is 0 Å². The first-order valence-corrected chi connectivity index (χ1v) is 10.4. The number of nitrogens with one attached hydrogen (secondary N) is 4. The molecule has 0 saturated carbocycles. The number of nitrogens with zero attached hydrogens (tertiary/aromatic N) is 2. The van der Waals surface area contributed by atoms with Gasteiger partial charge >= 0.3 is 6.03 Å². The van der Waals surface area contributed by atoms with Gasteiger partial charge in [-0.1, -0.05) is 6.07 Å². The zero-order chi connectivity index (χ0) is 22.3. The molecule has 2 aliphatic rings. The molecule has 1 fully saturated rings. The highest BCUT2D eigenvalue weighted by atomic mass is 16.5. The second-order valence-corrected chi connectivity index (χ2v) is 7.32. The molecule has 2 aliphatic heterocycles. The molecule has 10 heteroatoms. The van der Waals surface area contributed by atoms with Crippen LogP contribution in [0.4, 0.5) is 21.9 Å². The smallest absolute Gasteiger partial charge is 0.322 e. The number of carbonyl (C=O) groups is 2. The maximum Gasteiger partial charge on any atom is 0.322 e. The number of aromatic nitrogens is 1. The number of rotatable bonds is 6. The fraction of sp³-hybridized carbons (Fsp3) is 0.318. The summed E-state index contributed by atoms with van der Waals surface area (Å²) in [5, 5.41) is 11.6. The lowest BCUT2D eigenvalue weighted by Crippen LogP contribution is -2.43. The number of amides is 3. The Morgan fingerprint density at radius 2 is 2.06 bits per heavy atom. The Balaban J connectivity index is 1.31. The third kappa shape index (κ3) is 5.27. The number of benzene rings is 1. The van der Waals surface area contributed by atoms with Gasteiger partial charge in [0.2, 0.25) is 0 Å². The molecule has 3 heterocycles. The number of hydrogen-bond donors (Lipinski definition) is 4. The molecule has 0 aliphatic carbocycles. The number of anilines is 3. The first-order valence-electron chi connectivity index (χ1n) is 10.4. The van der Waals surface area contributed by atoms with Crippen molar-refractivity contribution >= 4 is 29.0 Å². The molecular formula is C22H26N6O4. The van der Waals surface area contributed by atoms with E-state index in [0.717, 1.165) is 31.9 Å². The molecule has 2 aromatic rings. The van der Waals surface area contributed by atoms with Crippen molar-refractivity contribution in [3.8, 4) is 5.75 Å². The van der Waals surface area contributed by atoms with Crippen LogP contribution in [0.15, 0.2) is 54.6 Å². The van der Waals surface area contributed by atoms with Gasteiger partial charge in [-0.25, -0.2) is 4.79 Å². The van der Waals surface area contributed by atoms with Crippen molar-refractivity contribution < 1.29 is 19.1 Å². The monoisotopic (exact) mass is 438 g/mol. The van der Waals surface area contributed by atoms with Crippen LogP contribution in [-0.2, 0) is 9.53 Å². The summed E-state index contributed by atoms with van der Waals surface area (Å²) in [5.74, 6) is 0.412. The first kappa shape index (κ1) is 21.4. The van der Waals surface area contributed by atoms with Crippen LogP contribution in [-0.4, -0.2) is 56.4 Å². The molecule has 1 aromatic carbocycles. The van der Waals surface area contributed by atoms with Gasteiger partial charge in [0.05, 0.1) is 24.7 Å². The summed E-state index contributed by atoms with van der Waals surface area (Å²) >= 11 is 0. The lowest BCUT2D eigenvalue weighted by molar-refractivity contribution is -0.116. The largest absolute Gasteiger partial charge is 0.497 e. The van der Waals surface area contributed by atoms with Crippen molar-refractivity contribution in [1.82, 2.24) is 15.6 Å². The average Bonchev–Trinajstić information content (AvgIpc) is 3.28. The van der Waals surface area contributed by atoms with Gasteiger partial charge < -0.3 is 35.6 Å². The Morgan fingerprint density at radius 3 is 2.88 bits per heavy atom. The zero-order valence-corrected chi connectivity index (χ0v) is 17.8. The summed E-state index contributed by atoms with van der Waals surface area (Å²) in [5.41, 5.74) is 2.12. The number of ether oxygens (including phenoxy) is 2. The van der Waals surface area contributed by atoms with E-state index in [-0.39, 0.29) is 11.7 Å². The molecule has 168 valence electrons. The molecule has 32 heavy (non-hydrogen) atoms. The molecule has 4 N–H and O–H groups in total. The third-order valence-corrected chi connectivity index (χ3v) is 5.13. The summed E-state index contributed by atoms with van der Waals surface area (Å²) in [6.45, 7) is 3.46. The minimum atomic E-state index is -0.636. The predicted molar refractivity (Wildman–Crippen MR) is 121 cm³/mol. The molecule has 1 atom stereocenters. The number of piperazine rings is 1. The summed E-state index contributed by atoms with van der Waals surface area (Å²) in [6.07, 6.45) is 4.74. The number of urea groups is 1. The van der Waals surface area contributed by atoms with E-state index in [1.807, 2.05) is 6.07 Å². The topological polar surface area (TPSA) is 117 Å². The van der Waals surface area contributed by atoms with Gasteiger partial charge in [0, 0.05) is 50.6 Å². The molecule has 0 bridgehead atoms. The lowest BCUT2D eigenvalue weighted by Gasteiger charge is -2.30. The van der Waals surface area contributed by atoms with Gasteiger partial charge in [0.15, 0.2) is 12.0 Å². The van der Waals surface area contributed by atoms with Crippen LogP contribution >= 0.6 is 0 Å². The van der Waals surface area contributed by atoms with E-state index in [4.69, 9.17) is 9.47 Å². The molecule has 0 spiro atoms. The maximum absolute atomic E-state index is 12.7. The highest BCUT2D eigenvalue weighted by Gasteiger charge is 2.26.